The molecule has 5 nitrogen and oxygen atoms in total. The van der Waals surface area contributed by atoms with Crippen molar-refractivity contribution < 1.29 is 14.3 Å². The van der Waals surface area contributed by atoms with Gasteiger partial charge in [0.1, 0.15) is 19.0 Å². The largest absolute Gasteiger partial charge is 0.347 e. The number of aryl methyl sites for hydroxylation is 2. The maximum absolute atomic E-state index is 12.5. The smallest absolute Gasteiger partial charge is 0.315 e. The first kappa shape index (κ1) is 18.0. The van der Waals surface area contributed by atoms with Gasteiger partial charge in [-0.1, -0.05) is 59.7 Å². The van der Waals surface area contributed by atoms with E-state index in [0.717, 1.165) is 12.8 Å². The molecule has 2 aliphatic heterocycles. The molecule has 2 fully saturated rings. The van der Waals surface area contributed by atoms with Crippen molar-refractivity contribution in [1.82, 2.24) is 10.6 Å². The molecule has 5 heteroatoms. The molecule has 0 unspecified atom stereocenters. The zero-order valence-electron chi connectivity index (χ0n) is 15.8. The number of fused-ring (bicyclic) bond motifs is 1. The maximum atomic E-state index is 12.5. The van der Waals surface area contributed by atoms with Crippen LogP contribution in [0.25, 0.3) is 0 Å². The van der Waals surface area contributed by atoms with Gasteiger partial charge in [0.05, 0.1) is 12.1 Å². The Morgan fingerprint density at radius 3 is 1.59 bits per heavy atom. The standard InChI is InChI=1S/C22H26N2O3/c1-14-3-7-16(8-4-14)11-18-20-21(27-13-26-20)19(24-22(25)23-18)12-17-9-5-15(2)6-10-17/h3-10,18-21H,11-13H2,1-2H3,(H2,23,24,25)/t18-,19-,20+,21+/m1/s1. The van der Waals surface area contributed by atoms with Gasteiger partial charge in [-0.25, -0.2) is 4.79 Å². The highest BCUT2D eigenvalue weighted by atomic mass is 16.7. The highest BCUT2D eigenvalue weighted by Crippen LogP contribution is 2.26. The van der Waals surface area contributed by atoms with Crippen molar-refractivity contribution >= 4 is 6.03 Å². The molecule has 0 aliphatic carbocycles. The van der Waals surface area contributed by atoms with E-state index in [1.807, 2.05) is 0 Å². The topological polar surface area (TPSA) is 59.6 Å². The van der Waals surface area contributed by atoms with Crippen molar-refractivity contribution in [2.45, 2.75) is 51.0 Å². The van der Waals surface area contributed by atoms with Crippen LogP contribution in [0, 0.1) is 13.8 Å². The molecule has 0 spiro atoms. The summed E-state index contributed by atoms with van der Waals surface area (Å²) >= 11 is 0. The van der Waals surface area contributed by atoms with E-state index in [-0.39, 0.29) is 37.1 Å². The van der Waals surface area contributed by atoms with Gasteiger partial charge in [-0.05, 0) is 37.8 Å². The van der Waals surface area contributed by atoms with E-state index in [1.165, 1.54) is 22.3 Å². The molecule has 27 heavy (non-hydrogen) atoms. The zero-order valence-corrected chi connectivity index (χ0v) is 15.8. The highest BCUT2D eigenvalue weighted by Gasteiger charge is 2.44. The first-order valence-electron chi connectivity index (χ1n) is 9.50. The van der Waals surface area contributed by atoms with Gasteiger partial charge in [0, 0.05) is 0 Å². The fourth-order valence-electron chi connectivity index (χ4n) is 3.91. The van der Waals surface area contributed by atoms with Crippen molar-refractivity contribution in [2.24, 2.45) is 0 Å². The monoisotopic (exact) mass is 366 g/mol. The number of hydrogen-bond donors (Lipinski definition) is 2. The lowest BCUT2D eigenvalue weighted by Gasteiger charge is -2.26. The molecule has 4 rings (SSSR count). The fourth-order valence-corrected chi connectivity index (χ4v) is 3.91. The number of nitrogens with one attached hydrogen (secondary N) is 2. The van der Waals surface area contributed by atoms with Gasteiger partial charge >= 0.3 is 6.03 Å². The number of carbonyl (C=O) groups excluding carboxylic acids is 1. The van der Waals surface area contributed by atoms with E-state index < -0.39 is 0 Å². The van der Waals surface area contributed by atoms with Crippen LogP contribution >= 0.6 is 0 Å². The molecular weight excluding hydrogens is 340 g/mol. The minimum Gasteiger partial charge on any atom is -0.347 e. The Kier molecular flexibility index (Phi) is 5.14. The molecule has 2 amide bonds. The summed E-state index contributed by atoms with van der Waals surface area (Å²) in [4.78, 5) is 12.5. The van der Waals surface area contributed by atoms with Crippen LogP contribution in [0.4, 0.5) is 4.79 Å². The number of carbonyl (C=O) groups is 1. The van der Waals surface area contributed by atoms with Gasteiger partial charge in [-0.3, -0.25) is 0 Å². The van der Waals surface area contributed by atoms with Crippen LogP contribution in [0.5, 0.6) is 0 Å². The van der Waals surface area contributed by atoms with Crippen LogP contribution in [0.15, 0.2) is 48.5 Å². The number of benzene rings is 2. The van der Waals surface area contributed by atoms with Crippen molar-refractivity contribution in [3.8, 4) is 0 Å². The minimum atomic E-state index is -0.166. The molecule has 2 aromatic carbocycles. The van der Waals surface area contributed by atoms with Gasteiger partial charge in [-0.2, -0.15) is 0 Å². The van der Waals surface area contributed by atoms with E-state index in [1.54, 1.807) is 0 Å². The van der Waals surface area contributed by atoms with Gasteiger partial charge in [0.15, 0.2) is 0 Å². The highest BCUT2D eigenvalue weighted by molar-refractivity contribution is 5.75. The molecule has 2 heterocycles. The quantitative estimate of drug-likeness (QED) is 0.875. The van der Waals surface area contributed by atoms with Crippen LogP contribution in [-0.4, -0.2) is 37.1 Å². The van der Waals surface area contributed by atoms with Crippen LogP contribution in [0.1, 0.15) is 22.3 Å². The van der Waals surface area contributed by atoms with Crippen molar-refractivity contribution in [1.29, 1.82) is 0 Å². The van der Waals surface area contributed by atoms with E-state index in [0.29, 0.717) is 0 Å². The number of rotatable bonds is 4. The third kappa shape index (κ3) is 4.15. The van der Waals surface area contributed by atoms with E-state index >= 15 is 0 Å². The summed E-state index contributed by atoms with van der Waals surface area (Å²) in [5.41, 5.74) is 4.80. The molecule has 2 aromatic rings. The zero-order chi connectivity index (χ0) is 18.8. The molecule has 142 valence electrons. The summed E-state index contributed by atoms with van der Waals surface area (Å²) in [7, 11) is 0. The minimum absolute atomic E-state index is 0.122. The molecule has 4 atom stereocenters. The average Bonchev–Trinajstić information content (AvgIpc) is 3.10. The fraction of sp³-hybridized carbons (Fsp3) is 0.409. The van der Waals surface area contributed by atoms with E-state index in [9.17, 15) is 4.79 Å². The molecule has 0 radical (unpaired) electrons. The molecule has 2 aliphatic rings. The normalized spacial score (nSPS) is 27.4. The van der Waals surface area contributed by atoms with Crippen molar-refractivity contribution in [2.75, 3.05) is 6.79 Å². The lowest BCUT2D eigenvalue weighted by Crippen LogP contribution is -2.47. The summed E-state index contributed by atoms with van der Waals surface area (Å²) in [6, 6.07) is 16.4. The van der Waals surface area contributed by atoms with Crippen LogP contribution < -0.4 is 10.6 Å². The van der Waals surface area contributed by atoms with Gasteiger partial charge < -0.3 is 20.1 Å². The van der Waals surface area contributed by atoms with Crippen molar-refractivity contribution in [3.05, 3.63) is 70.8 Å². The third-order valence-corrected chi connectivity index (χ3v) is 5.42. The van der Waals surface area contributed by atoms with Crippen LogP contribution in [0.3, 0.4) is 0 Å². The van der Waals surface area contributed by atoms with Crippen molar-refractivity contribution in [3.63, 3.8) is 0 Å². The lowest BCUT2D eigenvalue weighted by atomic mass is 9.92. The summed E-state index contributed by atoms with van der Waals surface area (Å²) in [5.74, 6) is 0. The summed E-state index contributed by atoms with van der Waals surface area (Å²) in [6.45, 7) is 4.41. The van der Waals surface area contributed by atoms with E-state index in [2.05, 4.69) is 73.0 Å². The van der Waals surface area contributed by atoms with E-state index in [4.69, 9.17) is 9.47 Å². The Bertz CT molecular complexity index is 723. The van der Waals surface area contributed by atoms with Gasteiger partial charge in [-0.15, -0.1) is 0 Å². The second-order valence-corrected chi connectivity index (χ2v) is 7.59. The average molecular weight is 366 g/mol. The lowest BCUT2D eigenvalue weighted by molar-refractivity contribution is 0.0275. The van der Waals surface area contributed by atoms with Gasteiger partial charge in [0.2, 0.25) is 0 Å². The second kappa shape index (κ2) is 7.71. The summed E-state index contributed by atoms with van der Waals surface area (Å²) in [5, 5.41) is 6.17. The third-order valence-electron chi connectivity index (χ3n) is 5.42. The summed E-state index contributed by atoms with van der Waals surface area (Å²) in [6.07, 6.45) is 1.10. The van der Waals surface area contributed by atoms with Crippen LogP contribution in [-0.2, 0) is 22.3 Å². The summed E-state index contributed by atoms with van der Waals surface area (Å²) < 4.78 is 11.8. The predicted molar refractivity (Wildman–Crippen MR) is 104 cm³/mol. The SMILES string of the molecule is Cc1ccc(C[C@H]2NC(=O)N[C@H](Cc3ccc(C)cc3)[C@@H]3OCO[C@H]32)cc1. The molecule has 0 saturated carbocycles. The number of amides is 2. The van der Waals surface area contributed by atoms with Gasteiger partial charge in [0.25, 0.3) is 0 Å². The Balaban J connectivity index is 1.52. The number of urea groups is 1. The predicted octanol–water partition coefficient (Wildman–Crippen LogP) is 2.88. The molecule has 0 aromatic heterocycles. The first-order chi connectivity index (χ1) is 13.1. The molecule has 0 bridgehead atoms. The molecule has 2 saturated heterocycles. The maximum Gasteiger partial charge on any atom is 0.315 e. The number of ether oxygens (including phenoxy) is 2. The van der Waals surface area contributed by atoms with Crippen LogP contribution in [0.2, 0.25) is 0 Å². The Morgan fingerprint density at radius 2 is 1.19 bits per heavy atom. The Labute approximate surface area is 160 Å². The second-order valence-electron chi connectivity index (χ2n) is 7.59. The Morgan fingerprint density at radius 1 is 0.778 bits per heavy atom. The first-order valence-corrected chi connectivity index (χ1v) is 9.50. The Hall–Kier alpha value is -2.37. The molecular formula is C22H26N2O3. The molecule has 2 N–H and O–H groups in total. The number of hydrogen-bond acceptors (Lipinski definition) is 3.